The summed E-state index contributed by atoms with van der Waals surface area (Å²) in [6.07, 6.45) is 3.55. The van der Waals surface area contributed by atoms with Gasteiger partial charge in [0.25, 0.3) is 0 Å². The summed E-state index contributed by atoms with van der Waals surface area (Å²) in [7, 11) is 0. The fraction of sp³-hybridized carbons (Fsp3) is 1.00. The van der Waals surface area contributed by atoms with Crippen LogP contribution in [-0.4, -0.2) is 54.6 Å². The van der Waals surface area contributed by atoms with Crippen molar-refractivity contribution in [3.8, 4) is 0 Å². The normalized spacial score (nSPS) is 23.2. The second kappa shape index (κ2) is 7.25. The third-order valence-electron chi connectivity index (χ3n) is 3.86. The van der Waals surface area contributed by atoms with E-state index in [0.29, 0.717) is 12.1 Å². The molecule has 2 unspecified atom stereocenters. The van der Waals surface area contributed by atoms with Gasteiger partial charge in [-0.2, -0.15) is 0 Å². The molecule has 0 saturated carbocycles. The highest BCUT2D eigenvalue weighted by molar-refractivity contribution is 4.84. The summed E-state index contributed by atoms with van der Waals surface area (Å²) >= 11 is 0. The van der Waals surface area contributed by atoms with Crippen LogP contribution in [0.15, 0.2) is 0 Å². The molecule has 1 saturated heterocycles. The Hall–Kier alpha value is -0.120. The topological polar surface area (TPSA) is 32.5 Å². The van der Waals surface area contributed by atoms with E-state index in [1.807, 2.05) is 0 Å². The minimum Gasteiger partial charge on any atom is -0.326 e. The van der Waals surface area contributed by atoms with E-state index in [1.165, 1.54) is 45.6 Å². The molecule has 0 spiro atoms. The van der Waals surface area contributed by atoms with Gasteiger partial charge in [-0.15, -0.1) is 0 Å². The minimum absolute atomic E-state index is 0.364. The summed E-state index contributed by atoms with van der Waals surface area (Å²) in [5, 5.41) is 0. The maximum Gasteiger partial charge on any atom is 0.0245 e. The summed E-state index contributed by atoms with van der Waals surface area (Å²) in [5.41, 5.74) is 6.28. The van der Waals surface area contributed by atoms with E-state index in [4.69, 9.17) is 5.73 Å². The van der Waals surface area contributed by atoms with Crippen molar-refractivity contribution in [1.82, 2.24) is 9.80 Å². The molecule has 1 aliphatic heterocycles. The zero-order chi connectivity index (χ0) is 12.0. The van der Waals surface area contributed by atoms with E-state index in [1.54, 1.807) is 0 Å². The monoisotopic (exact) mass is 227 g/mol. The number of hydrogen-bond donors (Lipinski definition) is 1. The third-order valence-corrected chi connectivity index (χ3v) is 3.86. The molecule has 0 bridgehead atoms. The van der Waals surface area contributed by atoms with E-state index in [0.717, 1.165) is 6.42 Å². The van der Waals surface area contributed by atoms with Crippen LogP contribution in [0, 0.1) is 0 Å². The molecule has 1 fully saturated rings. The van der Waals surface area contributed by atoms with Crippen LogP contribution in [-0.2, 0) is 0 Å². The fourth-order valence-corrected chi connectivity index (χ4v) is 2.77. The Morgan fingerprint density at radius 3 is 2.12 bits per heavy atom. The van der Waals surface area contributed by atoms with Crippen molar-refractivity contribution in [3.63, 3.8) is 0 Å². The lowest BCUT2D eigenvalue weighted by Crippen LogP contribution is -2.55. The van der Waals surface area contributed by atoms with Crippen molar-refractivity contribution in [2.45, 2.75) is 52.1 Å². The smallest absolute Gasteiger partial charge is 0.0245 e. The van der Waals surface area contributed by atoms with Gasteiger partial charge in [0, 0.05) is 38.3 Å². The minimum atomic E-state index is 0.364. The van der Waals surface area contributed by atoms with Crippen molar-refractivity contribution >= 4 is 0 Å². The molecule has 0 aromatic rings. The van der Waals surface area contributed by atoms with Gasteiger partial charge in [-0.3, -0.25) is 4.90 Å². The zero-order valence-corrected chi connectivity index (χ0v) is 11.3. The molecule has 0 radical (unpaired) electrons. The number of hydrogen-bond acceptors (Lipinski definition) is 3. The summed E-state index contributed by atoms with van der Waals surface area (Å²) in [5.74, 6) is 0. The van der Waals surface area contributed by atoms with Gasteiger partial charge in [0.05, 0.1) is 0 Å². The van der Waals surface area contributed by atoms with E-state index in [-0.39, 0.29) is 0 Å². The highest BCUT2D eigenvalue weighted by Gasteiger charge is 2.25. The lowest BCUT2D eigenvalue weighted by molar-refractivity contribution is 0.0839. The van der Waals surface area contributed by atoms with Gasteiger partial charge in [0.1, 0.15) is 0 Å². The van der Waals surface area contributed by atoms with Crippen molar-refractivity contribution in [1.29, 1.82) is 0 Å². The Labute approximate surface area is 101 Å². The second-order valence-corrected chi connectivity index (χ2v) is 4.90. The molecular weight excluding hydrogens is 198 g/mol. The van der Waals surface area contributed by atoms with Crippen molar-refractivity contribution in [2.75, 3.05) is 32.7 Å². The summed E-state index contributed by atoms with van der Waals surface area (Å²) in [6, 6.07) is 0.960. The molecule has 3 nitrogen and oxygen atoms in total. The van der Waals surface area contributed by atoms with Gasteiger partial charge in [-0.05, 0) is 19.4 Å². The average Bonchev–Trinajstić information content (AvgIpc) is 2.31. The van der Waals surface area contributed by atoms with Crippen LogP contribution in [0.4, 0.5) is 0 Å². The number of nitrogens with two attached hydrogens (primary N) is 1. The molecule has 2 atom stereocenters. The van der Waals surface area contributed by atoms with E-state index in [9.17, 15) is 0 Å². The second-order valence-electron chi connectivity index (χ2n) is 4.90. The lowest BCUT2D eigenvalue weighted by Gasteiger charge is -2.41. The van der Waals surface area contributed by atoms with E-state index >= 15 is 0 Å². The van der Waals surface area contributed by atoms with E-state index in [2.05, 4.69) is 30.6 Å². The van der Waals surface area contributed by atoms with Crippen molar-refractivity contribution in [3.05, 3.63) is 0 Å². The molecular formula is C13H29N3. The van der Waals surface area contributed by atoms with Crippen LogP contribution in [0.3, 0.4) is 0 Å². The summed E-state index contributed by atoms with van der Waals surface area (Å²) in [6.45, 7) is 12.8. The van der Waals surface area contributed by atoms with Gasteiger partial charge in [-0.1, -0.05) is 27.2 Å². The highest BCUT2D eigenvalue weighted by atomic mass is 15.3. The molecule has 1 heterocycles. The lowest BCUT2D eigenvalue weighted by atomic mass is 9.99. The van der Waals surface area contributed by atoms with Gasteiger partial charge in [0.2, 0.25) is 0 Å². The SMILES string of the molecule is CCCC(N)C(CC)N1CCN(CC)CC1. The van der Waals surface area contributed by atoms with Gasteiger partial charge in [-0.25, -0.2) is 0 Å². The first-order valence-corrected chi connectivity index (χ1v) is 6.94. The molecule has 0 aromatic carbocycles. The Kier molecular flexibility index (Phi) is 6.32. The fourth-order valence-electron chi connectivity index (χ4n) is 2.77. The molecule has 0 amide bonds. The molecule has 1 rings (SSSR count). The standard InChI is InChI=1S/C13H29N3/c1-4-7-12(14)13(5-2)16-10-8-15(6-3)9-11-16/h12-13H,4-11,14H2,1-3H3. The van der Waals surface area contributed by atoms with Gasteiger partial charge < -0.3 is 10.6 Å². The number of piperazine rings is 1. The molecule has 0 aliphatic carbocycles. The molecule has 2 N–H and O–H groups in total. The third kappa shape index (κ3) is 3.72. The predicted octanol–water partition coefficient (Wildman–Crippen LogP) is 1.53. The molecule has 16 heavy (non-hydrogen) atoms. The Morgan fingerprint density at radius 2 is 1.69 bits per heavy atom. The Bertz CT molecular complexity index is 176. The Balaban J connectivity index is 2.42. The molecule has 3 heteroatoms. The van der Waals surface area contributed by atoms with Crippen LogP contribution in [0.5, 0.6) is 0 Å². The van der Waals surface area contributed by atoms with Crippen molar-refractivity contribution < 1.29 is 0 Å². The van der Waals surface area contributed by atoms with Crippen LogP contribution >= 0.6 is 0 Å². The van der Waals surface area contributed by atoms with Gasteiger partial charge in [0.15, 0.2) is 0 Å². The number of nitrogens with zero attached hydrogens (tertiary/aromatic N) is 2. The maximum absolute atomic E-state index is 6.28. The summed E-state index contributed by atoms with van der Waals surface area (Å²) in [4.78, 5) is 5.13. The van der Waals surface area contributed by atoms with Crippen LogP contribution in [0.25, 0.3) is 0 Å². The Morgan fingerprint density at radius 1 is 1.06 bits per heavy atom. The van der Waals surface area contributed by atoms with E-state index < -0.39 is 0 Å². The first-order valence-electron chi connectivity index (χ1n) is 6.94. The van der Waals surface area contributed by atoms with Crippen LogP contribution in [0.1, 0.15) is 40.0 Å². The quantitative estimate of drug-likeness (QED) is 0.747. The molecule has 0 aromatic heterocycles. The molecule has 1 aliphatic rings. The van der Waals surface area contributed by atoms with Gasteiger partial charge >= 0.3 is 0 Å². The number of likely N-dealkylation sites (N-methyl/N-ethyl adjacent to an activating group) is 1. The first-order chi connectivity index (χ1) is 7.72. The summed E-state index contributed by atoms with van der Waals surface area (Å²) < 4.78 is 0. The van der Waals surface area contributed by atoms with Crippen molar-refractivity contribution in [2.24, 2.45) is 5.73 Å². The van der Waals surface area contributed by atoms with Crippen LogP contribution < -0.4 is 5.73 Å². The highest BCUT2D eigenvalue weighted by Crippen LogP contribution is 2.14. The zero-order valence-electron chi connectivity index (χ0n) is 11.3. The predicted molar refractivity (Wildman–Crippen MR) is 70.6 cm³/mol. The largest absolute Gasteiger partial charge is 0.326 e. The maximum atomic E-state index is 6.28. The first kappa shape index (κ1) is 13.9. The number of rotatable bonds is 6. The average molecular weight is 227 g/mol. The van der Waals surface area contributed by atoms with Crippen LogP contribution in [0.2, 0.25) is 0 Å². The molecule has 96 valence electrons.